The van der Waals surface area contributed by atoms with Gasteiger partial charge in [0.2, 0.25) is 17.7 Å². The van der Waals surface area contributed by atoms with E-state index in [1.54, 1.807) is 31.2 Å². The maximum atomic E-state index is 13.8. The zero-order valence-electron chi connectivity index (χ0n) is 25.2. The molecule has 43 heavy (non-hydrogen) atoms. The second kappa shape index (κ2) is 14.9. The van der Waals surface area contributed by atoms with Gasteiger partial charge in [0, 0.05) is 13.1 Å². The molecule has 3 amide bonds. The monoisotopic (exact) mass is 600 g/mol. The highest BCUT2D eigenvalue weighted by atomic mass is 16.6. The molecule has 12 heteroatoms. The van der Waals surface area contributed by atoms with Gasteiger partial charge in [-0.25, -0.2) is 0 Å². The summed E-state index contributed by atoms with van der Waals surface area (Å²) >= 11 is 0. The Morgan fingerprint density at radius 2 is 1.77 bits per heavy atom. The first kappa shape index (κ1) is 32.6. The summed E-state index contributed by atoms with van der Waals surface area (Å²) in [5.41, 5.74) is 0.648. The molecule has 0 spiro atoms. The number of ether oxygens (including phenoxy) is 3. The van der Waals surface area contributed by atoms with E-state index in [2.05, 4.69) is 22.0 Å². The van der Waals surface area contributed by atoms with Gasteiger partial charge in [-0.15, -0.1) is 0 Å². The number of Topliss-reactive ketones (excluding diaryl/α,β-unsaturated/α-hetero) is 1. The molecule has 0 unspecified atom stereocenters. The van der Waals surface area contributed by atoms with E-state index in [0.717, 1.165) is 19.3 Å². The van der Waals surface area contributed by atoms with Gasteiger partial charge in [0.25, 0.3) is 0 Å². The Kier molecular flexibility index (Phi) is 11.3. The maximum absolute atomic E-state index is 13.8. The Bertz CT molecular complexity index is 1180. The van der Waals surface area contributed by atoms with E-state index in [4.69, 9.17) is 14.2 Å². The third-order valence-corrected chi connectivity index (χ3v) is 8.22. The second-order valence-electron chi connectivity index (χ2n) is 11.6. The Morgan fingerprint density at radius 1 is 1.07 bits per heavy atom. The van der Waals surface area contributed by atoms with E-state index in [1.807, 2.05) is 4.90 Å². The fourth-order valence-electron chi connectivity index (χ4n) is 5.32. The van der Waals surface area contributed by atoms with Crippen LogP contribution in [0.5, 0.6) is 5.75 Å². The van der Waals surface area contributed by atoms with Gasteiger partial charge >= 0.3 is 0 Å². The van der Waals surface area contributed by atoms with E-state index in [0.29, 0.717) is 50.5 Å². The number of carbonyl (C=O) groups is 4. The predicted molar refractivity (Wildman–Crippen MR) is 157 cm³/mol. The van der Waals surface area contributed by atoms with Crippen LogP contribution in [-0.2, 0) is 28.7 Å². The van der Waals surface area contributed by atoms with Crippen molar-refractivity contribution in [3.05, 3.63) is 41.5 Å². The molecule has 236 valence electrons. The smallest absolute Gasteiger partial charge is 0.246 e. The van der Waals surface area contributed by atoms with Gasteiger partial charge in [0.15, 0.2) is 5.78 Å². The number of benzene rings is 1. The number of ketones is 1. The number of hydrogen-bond acceptors (Lipinski definition) is 9. The Hall–Kier alpha value is -3.32. The fraction of sp³-hybridized carbons (Fsp3) is 0.613. The van der Waals surface area contributed by atoms with Crippen molar-refractivity contribution in [1.82, 2.24) is 20.9 Å². The molecule has 0 radical (unpaired) electrons. The molecule has 2 fully saturated rings. The number of allylic oxidation sites excluding steroid dienone is 2. The number of nitrogens with zero attached hydrogens (tertiary/aromatic N) is 1. The lowest BCUT2D eigenvalue weighted by Gasteiger charge is -2.29. The normalized spacial score (nSPS) is 22.8. The summed E-state index contributed by atoms with van der Waals surface area (Å²) in [4.78, 5) is 54.9. The van der Waals surface area contributed by atoms with Crippen molar-refractivity contribution in [1.29, 1.82) is 0 Å². The van der Waals surface area contributed by atoms with Crippen molar-refractivity contribution in [2.24, 2.45) is 0 Å². The van der Waals surface area contributed by atoms with E-state index >= 15 is 0 Å². The van der Waals surface area contributed by atoms with Gasteiger partial charge in [-0.2, -0.15) is 0 Å². The summed E-state index contributed by atoms with van der Waals surface area (Å²) < 4.78 is 15.9. The highest BCUT2D eigenvalue weighted by Gasteiger charge is 2.50. The zero-order chi connectivity index (χ0) is 31.0. The number of hydrogen-bond donors (Lipinski definition) is 4. The van der Waals surface area contributed by atoms with Crippen molar-refractivity contribution in [3.8, 4) is 5.75 Å². The molecule has 1 aliphatic carbocycles. The lowest BCUT2D eigenvalue weighted by Crippen LogP contribution is -2.58. The van der Waals surface area contributed by atoms with Crippen LogP contribution >= 0.6 is 0 Å². The number of morpholine rings is 1. The highest BCUT2D eigenvalue weighted by Crippen LogP contribution is 2.31. The van der Waals surface area contributed by atoms with Crippen LogP contribution in [0.25, 0.3) is 0 Å². The Labute approximate surface area is 252 Å². The molecule has 0 bridgehead atoms. The molecule has 2 heterocycles. The van der Waals surface area contributed by atoms with E-state index in [1.165, 1.54) is 19.6 Å². The minimum atomic E-state index is -1.45. The van der Waals surface area contributed by atoms with Crippen LogP contribution in [0, 0.1) is 0 Å². The lowest BCUT2D eigenvalue weighted by atomic mass is 9.94. The molecule has 5 atom stereocenters. The lowest BCUT2D eigenvalue weighted by molar-refractivity contribution is -0.136. The van der Waals surface area contributed by atoms with Crippen LogP contribution in [0.3, 0.4) is 0 Å². The summed E-state index contributed by atoms with van der Waals surface area (Å²) in [5, 5.41) is 19.4. The molecule has 12 nitrogen and oxygen atoms in total. The largest absolute Gasteiger partial charge is 0.497 e. The van der Waals surface area contributed by atoms with Crippen LogP contribution in [0.2, 0.25) is 0 Å². The number of carbonyl (C=O) groups excluding carboxylic acids is 4. The third-order valence-electron chi connectivity index (χ3n) is 8.22. The number of aliphatic hydroxyl groups is 1. The van der Waals surface area contributed by atoms with Gasteiger partial charge in [0.1, 0.15) is 29.5 Å². The SMILES string of the molecule is COc1ccc([C@@H](O)[C@H](NC(=O)[C@H](C)NC(=O)CN2CCOCC2)C(=O)N[C@@H](CCC2=CCCC2)C(=O)[C@@]2(C)CO2)cc1. The first-order chi connectivity index (χ1) is 20.6. The number of amides is 3. The van der Waals surface area contributed by atoms with Gasteiger partial charge < -0.3 is 35.3 Å². The van der Waals surface area contributed by atoms with Crippen LogP contribution < -0.4 is 20.7 Å². The third kappa shape index (κ3) is 9.09. The first-order valence-corrected chi connectivity index (χ1v) is 15.0. The van der Waals surface area contributed by atoms with E-state index in [-0.39, 0.29) is 24.8 Å². The molecule has 1 aromatic rings. The van der Waals surface area contributed by atoms with Crippen molar-refractivity contribution in [2.45, 2.75) is 75.8 Å². The van der Waals surface area contributed by atoms with Gasteiger partial charge in [0.05, 0.1) is 39.5 Å². The summed E-state index contributed by atoms with van der Waals surface area (Å²) in [6.45, 7) is 5.89. The molecule has 4 N–H and O–H groups in total. The van der Waals surface area contributed by atoms with Crippen LogP contribution in [-0.4, -0.2) is 104 Å². The minimum Gasteiger partial charge on any atom is -0.497 e. The second-order valence-corrected chi connectivity index (χ2v) is 11.6. The average Bonchev–Trinajstić information content (AvgIpc) is 3.54. The van der Waals surface area contributed by atoms with Crippen molar-refractivity contribution >= 4 is 23.5 Å². The van der Waals surface area contributed by atoms with Gasteiger partial charge in [-0.05, 0) is 63.6 Å². The number of aliphatic hydroxyl groups excluding tert-OH is 1. The number of epoxide rings is 1. The molecule has 1 aromatic carbocycles. The summed E-state index contributed by atoms with van der Waals surface area (Å²) in [6, 6.07) is 3.16. The van der Waals surface area contributed by atoms with E-state index < -0.39 is 41.6 Å². The number of methoxy groups -OCH3 is 1. The van der Waals surface area contributed by atoms with Crippen LogP contribution in [0.1, 0.15) is 57.6 Å². The number of rotatable bonds is 15. The summed E-state index contributed by atoms with van der Waals surface area (Å²) in [7, 11) is 1.51. The zero-order valence-corrected chi connectivity index (χ0v) is 25.2. The summed E-state index contributed by atoms with van der Waals surface area (Å²) in [5.74, 6) is -1.40. The fourth-order valence-corrected chi connectivity index (χ4v) is 5.32. The molecule has 4 rings (SSSR count). The summed E-state index contributed by atoms with van der Waals surface area (Å²) in [6.07, 6.45) is 4.79. The molecule has 3 aliphatic rings. The van der Waals surface area contributed by atoms with Crippen LogP contribution in [0.15, 0.2) is 35.9 Å². The molecule has 0 saturated carbocycles. The van der Waals surface area contributed by atoms with Crippen molar-refractivity contribution in [2.75, 3.05) is 46.6 Å². The standard InChI is InChI=1S/C31H44N4O8/c1-20(32-25(36)18-35-14-16-42-17-15-35)29(39)34-26(27(37)22-9-11-23(41-3)12-10-22)30(40)33-24(28(38)31(2)19-43-31)13-8-21-6-4-5-7-21/h6,9-12,20,24,26-27,37H,4-5,7-8,13-19H2,1-3H3,(H,32,36)(H,33,40)(H,34,39)/t20-,24-,26-,27+,31+/m0/s1. The molecule has 2 aliphatic heterocycles. The highest BCUT2D eigenvalue weighted by molar-refractivity contribution is 5.98. The molecule has 0 aromatic heterocycles. The molecule has 2 saturated heterocycles. The Balaban J connectivity index is 1.47. The topological polar surface area (TPSA) is 159 Å². The molecular formula is C31H44N4O8. The average molecular weight is 601 g/mol. The van der Waals surface area contributed by atoms with Gasteiger partial charge in [-0.1, -0.05) is 23.8 Å². The predicted octanol–water partition coefficient (Wildman–Crippen LogP) is 0.784. The van der Waals surface area contributed by atoms with Crippen molar-refractivity contribution in [3.63, 3.8) is 0 Å². The van der Waals surface area contributed by atoms with E-state index in [9.17, 15) is 24.3 Å². The number of nitrogens with one attached hydrogen (secondary N) is 3. The molecular weight excluding hydrogens is 556 g/mol. The Morgan fingerprint density at radius 3 is 2.37 bits per heavy atom. The maximum Gasteiger partial charge on any atom is 0.246 e. The van der Waals surface area contributed by atoms with Crippen LogP contribution in [0.4, 0.5) is 0 Å². The first-order valence-electron chi connectivity index (χ1n) is 15.0. The minimum absolute atomic E-state index is 0.112. The van der Waals surface area contributed by atoms with Crippen molar-refractivity contribution < 1.29 is 38.5 Å². The van der Waals surface area contributed by atoms with Gasteiger partial charge in [-0.3, -0.25) is 24.1 Å². The quantitative estimate of drug-likeness (QED) is 0.169.